The Bertz CT molecular complexity index is 1320. The molecule has 9 heteroatoms. The lowest BCUT2D eigenvalue weighted by molar-refractivity contribution is -0.143. The number of benzene rings is 3. The minimum Gasteiger partial charge on any atom is -0.480 e. The van der Waals surface area contributed by atoms with Gasteiger partial charge < -0.3 is 10.4 Å². The van der Waals surface area contributed by atoms with Crippen molar-refractivity contribution < 1.29 is 27.9 Å². The summed E-state index contributed by atoms with van der Waals surface area (Å²) in [6, 6.07) is 22.8. The maximum atomic E-state index is 13.9. The molecule has 0 saturated heterocycles. The minimum absolute atomic E-state index is 0.107. The van der Waals surface area contributed by atoms with Gasteiger partial charge >= 0.3 is 12.1 Å². The Hall–Kier alpha value is -4.40. The van der Waals surface area contributed by atoms with Crippen molar-refractivity contribution in [1.82, 2.24) is 15.1 Å². The van der Waals surface area contributed by atoms with Crippen molar-refractivity contribution in [3.8, 4) is 16.8 Å². The highest BCUT2D eigenvalue weighted by Crippen LogP contribution is 2.33. The van der Waals surface area contributed by atoms with Crippen LogP contribution >= 0.6 is 0 Å². The first-order valence-corrected chi connectivity index (χ1v) is 10.6. The van der Waals surface area contributed by atoms with Crippen LogP contribution < -0.4 is 5.32 Å². The number of alkyl halides is 3. The van der Waals surface area contributed by atoms with E-state index < -0.39 is 35.4 Å². The molecule has 0 saturated carbocycles. The van der Waals surface area contributed by atoms with Crippen LogP contribution in [0.4, 0.5) is 13.2 Å². The van der Waals surface area contributed by atoms with Crippen LogP contribution in [-0.4, -0.2) is 32.8 Å². The zero-order valence-corrected chi connectivity index (χ0v) is 18.2. The molecule has 35 heavy (non-hydrogen) atoms. The first kappa shape index (κ1) is 23.7. The van der Waals surface area contributed by atoms with Gasteiger partial charge in [0.2, 0.25) is 0 Å². The van der Waals surface area contributed by atoms with Gasteiger partial charge in [-0.1, -0.05) is 72.8 Å². The molecule has 0 spiro atoms. The normalized spacial score (nSPS) is 12.2. The quantitative estimate of drug-likeness (QED) is 0.392. The van der Waals surface area contributed by atoms with E-state index >= 15 is 0 Å². The molecule has 1 unspecified atom stereocenters. The average molecular weight is 479 g/mol. The van der Waals surface area contributed by atoms with E-state index in [0.29, 0.717) is 10.2 Å². The molecule has 1 amide bonds. The summed E-state index contributed by atoms with van der Waals surface area (Å²) >= 11 is 0. The van der Waals surface area contributed by atoms with E-state index in [1.165, 1.54) is 12.1 Å². The van der Waals surface area contributed by atoms with Crippen molar-refractivity contribution in [2.75, 3.05) is 0 Å². The first-order chi connectivity index (χ1) is 16.7. The van der Waals surface area contributed by atoms with Gasteiger partial charge in [0.15, 0.2) is 5.69 Å². The number of hydrogen-bond acceptors (Lipinski definition) is 3. The fourth-order valence-corrected chi connectivity index (χ4v) is 3.69. The van der Waals surface area contributed by atoms with Gasteiger partial charge in [0, 0.05) is 6.42 Å². The van der Waals surface area contributed by atoms with Crippen LogP contribution in [0.2, 0.25) is 0 Å². The summed E-state index contributed by atoms with van der Waals surface area (Å²) in [6.45, 7) is 0. The van der Waals surface area contributed by atoms with Crippen molar-refractivity contribution in [3.05, 3.63) is 108 Å². The number of nitrogens with one attached hydrogen (secondary N) is 1. The standard InChI is InChI=1S/C26H20F3N3O3/c27-26(28,29)23-21(16-30-32(23)20-9-5-2-6-10-20)24(33)31-22(25(34)35)15-17-11-13-19(14-12-17)18-7-3-1-4-8-18/h1-14,16,22H,15H2,(H,31,33)(H,34,35). The summed E-state index contributed by atoms with van der Waals surface area (Å²) < 4.78 is 42.2. The molecule has 0 aliphatic rings. The van der Waals surface area contributed by atoms with Crippen LogP contribution in [0.15, 0.2) is 91.1 Å². The summed E-state index contributed by atoms with van der Waals surface area (Å²) in [5, 5.41) is 15.6. The average Bonchev–Trinajstić information content (AvgIpc) is 3.31. The van der Waals surface area contributed by atoms with Gasteiger partial charge in [-0.25, -0.2) is 9.48 Å². The summed E-state index contributed by atoms with van der Waals surface area (Å²) in [5.74, 6) is -2.54. The van der Waals surface area contributed by atoms with Crippen molar-refractivity contribution in [2.45, 2.75) is 18.6 Å². The van der Waals surface area contributed by atoms with Gasteiger partial charge in [-0.2, -0.15) is 18.3 Å². The molecule has 0 radical (unpaired) electrons. The molecule has 1 atom stereocenters. The molecule has 1 heterocycles. The van der Waals surface area contributed by atoms with Crippen molar-refractivity contribution in [2.24, 2.45) is 0 Å². The van der Waals surface area contributed by atoms with Crippen LogP contribution in [0.25, 0.3) is 16.8 Å². The lowest BCUT2D eigenvalue weighted by atomic mass is 10.0. The molecular weight excluding hydrogens is 459 g/mol. The minimum atomic E-state index is -4.90. The maximum absolute atomic E-state index is 13.9. The van der Waals surface area contributed by atoms with Crippen molar-refractivity contribution in [1.29, 1.82) is 0 Å². The molecule has 3 aromatic carbocycles. The fourth-order valence-electron chi connectivity index (χ4n) is 3.69. The van der Waals surface area contributed by atoms with E-state index in [1.54, 1.807) is 30.3 Å². The second kappa shape index (κ2) is 9.84. The predicted octanol–water partition coefficient (Wildman–Crippen LogP) is 4.98. The third-order valence-corrected chi connectivity index (χ3v) is 5.39. The Morgan fingerprint density at radius 3 is 2.03 bits per heavy atom. The summed E-state index contributed by atoms with van der Waals surface area (Å²) in [4.78, 5) is 24.6. The van der Waals surface area contributed by atoms with Gasteiger partial charge in [-0.05, 0) is 28.8 Å². The van der Waals surface area contributed by atoms with E-state index in [1.807, 2.05) is 42.5 Å². The van der Waals surface area contributed by atoms with Gasteiger partial charge in [-0.3, -0.25) is 4.79 Å². The first-order valence-electron chi connectivity index (χ1n) is 10.6. The number of hydrogen-bond donors (Lipinski definition) is 2. The molecule has 0 bridgehead atoms. The molecule has 4 aromatic rings. The number of aliphatic carboxylic acids is 1. The summed E-state index contributed by atoms with van der Waals surface area (Å²) in [6.07, 6.45) is -4.21. The third-order valence-electron chi connectivity index (χ3n) is 5.39. The molecule has 0 fully saturated rings. The van der Waals surface area contributed by atoms with Gasteiger partial charge in [0.1, 0.15) is 6.04 Å². The van der Waals surface area contributed by atoms with E-state index in [9.17, 15) is 27.9 Å². The highest BCUT2D eigenvalue weighted by atomic mass is 19.4. The lowest BCUT2D eigenvalue weighted by Gasteiger charge is -2.16. The Kier molecular flexibility index (Phi) is 6.68. The number of para-hydroxylation sites is 1. The van der Waals surface area contributed by atoms with E-state index in [2.05, 4.69) is 10.4 Å². The number of aromatic nitrogens is 2. The lowest BCUT2D eigenvalue weighted by Crippen LogP contribution is -2.42. The number of halogens is 3. The molecule has 178 valence electrons. The van der Waals surface area contributed by atoms with Gasteiger partial charge in [0.05, 0.1) is 17.4 Å². The number of rotatable bonds is 7. The van der Waals surface area contributed by atoms with Crippen LogP contribution in [0.5, 0.6) is 0 Å². The molecule has 2 N–H and O–H groups in total. The van der Waals surface area contributed by atoms with Gasteiger partial charge in [-0.15, -0.1) is 0 Å². The topological polar surface area (TPSA) is 84.2 Å². The molecule has 4 rings (SSSR count). The Morgan fingerprint density at radius 2 is 1.46 bits per heavy atom. The highest BCUT2D eigenvalue weighted by Gasteiger charge is 2.41. The number of nitrogens with zero attached hydrogens (tertiary/aromatic N) is 2. The van der Waals surface area contributed by atoms with E-state index in [4.69, 9.17) is 0 Å². The molecular formula is C26H20F3N3O3. The molecule has 0 aliphatic heterocycles. The summed E-state index contributed by atoms with van der Waals surface area (Å²) in [5.41, 5.74) is 0.593. The SMILES string of the molecule is O=C(NC(Cc1ccc(-c2ccccc2)cc1)C(=O)O)c1cnn(-c2ccccc2)c1C(F)(F)F. The predicted molar refractivity (Wildman–Crippen MR) is 123 cm³/mol. The zero-order valence-electron chi connectivity index (χ0n) is 18.2. The molecule has 1 aromatic heterocycles. The maximum Gasteiger partial charge on any atom is 0.434 e. The zero-order chi connectivity index (χ0) is 25.0. The molecule has 0 aliphatic carbocycles. The Labute approximate surface area is 198 Å². The van der Waals surface area contributed by atoms with Crippen LogP contribution in [-0.2, 0) is 17.4 Å². The van der Waals surface area contributed by atoms with Crippen LogP contribution in [0.1, 0.15) is 21.6 Å². The highest BCUT2D eigenvalue weighted by molar-refractivity contribution is 5.97. The van der Waals surface area contributed by atoms with Crippen LogP contribution in [0.3, 0.4) is 0 Å². The molecule has 6 nitrogen and oxygen atoms in total. The van der Waals surface area contributed by atoms with Crippen molar-refractivity contribution >= 4 is 11.9 Å². The van der Waals surface area contributed by atoms with Crippen LogP contribution in [0, 0.1) is 0 Å². The number of carbonyl (C=O) groups is 2. The number of amides is 1. The Balaban J connectivity index is 1.56. The smallest absolute Gasteiger partial charge is 0.434 e. The number of carboxylic acid groups (broad SMARTS) is 1. The Morgan fingerprint density at radius 1 is 0.886 bits per heavy atom. The van der Waals surface area contributed by atoms with Gasteiger partial charge in [0.25, 0.3) is 5.91 Å². The monoisotopic (exact) mass is 479 g/mol. The second-order valence-electron chi connectivity index (χ2n) is 7.78. The van der Waals surface area contributed by atoms with E-state index in [0.717, 1.165) is 17.3 Å². The van der Waals surface area contributed by atoms with E-state index in [-0.39, 0.29) is 12.1 Å². The third kappa shape index (κ3) is 5.40. The number of carbonyl (C=O) groups excluding carboxylic acids is 1. The number of carboxylic acids is 1. The van der Waals surface area contributed by atoms with Crippen molar-refractivity contribution in [3.63, 3.8) is 0 Å². The summed E-state index contributed by atoms with van der Waals surface area (Å²) in [7, 11) is 0. The largest absolute Gasteiger partial charge is 0.480 e. The second-order valence-corrected chi connectivity index (χ2v) is 7.78. The fraction of sp³-hybridized carbons (Fsp3) is 0.115.